The van der Waals surface area contributed by atoms with Crippen LogP contribution < -0.4 is 4.90 Å². The molecule has 34 heavy (non-hydrogen) atoms. The number of amides is 1. The largest absolute Gasteiger partial charge is 0.365 e. The summed E-state index contributed by atoms with van der Waals surface area (Å²) in [6, 6.07) is 8.71. The summed E-state index contributed by atoms with van der Waals surface area (Å²) >= 11 is 0. The number of benzene rings is 1. The fourth-order valence-corrected chi connectivity index (χ4v) is 7.13. The monoisotopic (exact) mass is 487 g/mol. The molecule has 3 heterocycles. The number of hydrogen-bond acceptors (Lipinski definition) is 5. The Kier molecular flexibility index (Phi) is 7.33. The standard InChI is InChI=1S/C25H37N5O3S/c1-19-9-8-10-23(17-19)29-16-15-27(18-20(29)2)24(31)11-14-30-22(4)25(21(3)26-30)34(32,33)28-12-6-5-7-13-28/h8-10,17,20H,5-7,11-16,18H2,1-4H3/t20-/m0/s1. The van der Waals surface area contributed by atoms with E-state index in [-0.39, 0.29) is 11.9 Å². The molecule has 1 aromatic heterocycles. The Balaban J connectivity index is 1.39. The molecule has 1 aromatic carbocycles. The van der Waals surface area contributed by atoms with Gasteiger partial charge in [0.05, 0.1) is 17.9 Å². The molecule has 2 aliphatic rings. The highest BCUT2D eigenvalue weighted by molar-refractivity contribution is 7.89. The second kappa shape index (κ2) is 10.1. The molecule has 0 saturated carbocycles. The second-order valence-corrected chi connectivity index (χ2v) is 11.5. The summed E-state index contributed by atoms with van der Waals surface area (Å²) in [5, 5.41) is 4.50. The van der Waals surface area contributed by atoms with Gasteiger partial charge in [0.25, 0.3) is 0 Å². The van der Waals surface area contributed by atoms with Crippen LogP contribution in [0.3, 0.4) is 0 Å². The summed E-state index contributed by atoms with van der Waals surface area (Å²) in [7, 11) is -3.56. The predicted octanol–water partition coefficient (Wildman–Crippen LogP) is 3.11. The van der Waals surface area contributed by atoms with E-state index in [1.54, 1.807) is 22.8 Å². The van der Waals surface area contributed by atoms with E-state index < -0.39 is 10.0 Å². The number of anilines is 1. The molecule has 8 nitrogen and oxygen atoms in total. The summed E-state index contributed by atoms with van der Waals surface area (Å²) < 4.78 is 29.7. The molecule has 1 atom stereocenters. The molecule has 0 bridgehead atoms. The van der Waals surface area contributed by atoms with Gasteiger partial charge < -0.3 is 9.80 Å². The first-order chi connectivity index (χ1) is 16.2. The maximum atomic E-state index is 13.2. The Labute approximate surface area is 203 Å². The first-order valence-corrected chi connectivity index (χ1v) is 13.8. The third-order valence-corrected chi connectivity index (χ3v) is 9.23. The van der Waals surface area contributed by atoms with Crippen molar-refractivity contribution in [3.8, 4) is 0 Å². The lowest BCUT2D eigenvalue weighted by molar-refractivity contribution is -0.132. The van der Waals surface area contributed by atoms with Crippen molar-refractivity contribution in [3.05, 3.63) is 41.2 Å². The molecular weight excluding hydrogens is 450 g/mol. The topological polar surface area (TPSA) is 78.8 Å². The van der Waals surface area contributed by atoms with Gasteiger partial charge in [0.1, 0.15) is 4.90 Å². The Hall–Kier alpha value is -2.39. The van der Waals surface area contributed by atoms with Gasteiger partial charge in [0, 0.05) is 50.9 Å². The van der Waals surface area contributed by atoms with Crippen LogP contribution in [0, 0.1) is 20.8 Å². The van der Waals surface area contributed by atoms with Gasteiger partial charge in [0.2, 0.25) is 15.9 Å². The van der Waals surface area contributed by atoms with E-state index in [0.29, 0.717) is 55.4 Å². The van der Waals surface area contributed by atoms with Crippen LogP contribution in [0.2, 0.25) is 0 Å². The molecule has 186 valence electrons. The van der Waals surface area contributed by atoms with Crippen molar-refractivity contribution < 1.29 is 13.2 Å². The average molecular weight is 488 g/mol. The van der Waals surface area contributed by atoms with Crippen LogP contribution in [-0.4, -0.2) is 72.1 Å². The third-order valence-electron chi connectivity index (χ3n) is 7.08. The van der Waals surface area contributed by atoms with Crippen molar-refractivity contribution in [3.63, 3.8) is 0 Å². The van der Waals surface area contributed by atoms with Gasteiger partial charge in [-0.05, 0) is 58.2 Å². The summed E-state index contributed by atoms with van der Waals surface area (Å²) in [4.78, 5) is 17.6. The molecule has 4 rings (SSSR count). The fourth-order valence-electron chi connectivity index (χ4n) is 5.24. The highest BCUT2D eigenvalue weighted by atomic mass is 32.2. The lowest BCUT2D eigenvalue weighted by Crippen LogP contribution is -2.53. The smallest absolute Gasteiger partial charge is 0.246 e. The molecule has 0 unspecified atom stereocenters. The normalized spacial score (nSPS) is 20.1. The van der Waals surface area contributed by atoms with Crippen LogP contribution in [0.15, 0.2) is 29.2 Å². The summed E-state index contributed by atoms with van der Waals surface area (Å²) in [6.45, 7) is 11.5. The number of aromatic nitrogens is 2. The number of carbonyl (C=O) groups excluding carboxylic acids is 1. The zero-order valence-corrected chi connectivity index (χ0v) is 21.6. The molecule has 9 heteroatoms. The van der Waals surface area contributed by atoms with Crippen molar-refractivity contribution in [2.45, 2.75) is 70.9 Å². The Bertz CT molecular complexity index is 1140. The quantitative estimate of drug-likeness (QED) is 0.626. The minimum atomic E-state index is -3.56. The Morgan fingerprint density at radius 2 is 1.79 bits per heavy atom. The number of nitrogens with zero attached hydrogens (tertiary/aromatic N) is 5. The number of sulfonamides is 1. The van der Waals surface area contributed by atoms with Crippen molar-refractivity contribution in [2.75, 3.05) is 37.6 Å². The van der Waals surface area contributed by atoms with Gasteiger partial charge in [-0.1, -0.05) is 18.6 Å². The summed E-state index contributed by atoms with van der Waals surface area (Å²) in [5.41, 5.74) is 3.56. The summed E-state index contributed by atoms with van der Waals surface area (Å²) in [6.07, 6.45) is 3.18. The van der Waals surface area contributed by atoms with Crippen molar-refractivity contribution >= 4 is 21.6 Å². The van der Waals surface area contributed by atoms with E-state index in [9.17, 15) is 13.2 Å². The van der Waals surface area contributed by atoms with Gasteiger partial charge >= 0.3 is 0 Å². The second-order valence-electron chi connectivity index (χ2n) is 9.66. The maximum Gasteiger partial charge on any atom is 0.246 e. The first-order valence-electron chi connectivity index (χ1n) is 12.3. The van der Waals surface area contributed by atoms with Gasteiger partial charge in [-0.3, -0.25) is 9.48 Å². The van der Waals surface area contributed by atoms with E-state index in [1.165, 1.54) is 11.3 Å². The number of carbonyl (C=O) groups is 1. The van der Waals surface area contributed by atoms with E-state index in [2.05, 4.69) is 48.1 Å². The van der Waals surface area contributed by atoms with Crippen molar-refractivity contribution in [2.24, 2.45) is 0 Å². The van der Waals surface area contributed by atoms with E-state index in [4.69, 9.17) is 0 Å². The zero-order chi connectivity index (χ0) is 24.5. The van der Waals surface area contributed by atoms with Crippen molar-refractivity contribution in [1.29, 1.82) is 0 Å². The van der Waals surface area contributed by atoms with Gasteiger partial charge in [-0.25, -0.2) is 8.42 Å². The third kappa shape index (κ3) is 5.00. The van der Waals surface area contributed by atoms with Crippen LogP contribution in [0.5, 0.6) is 0 Å². The number of piperazine rings is 1. The Morgan fingerprint density at radius 3 is 2.47 bits per heavy atom. The molecule has 0 N–H and O–H groups in total. The fraction of sp³-hybridized carbons (Fsp3) is 0.600. The van der Waals surface area contributed by atoms with E-state index >= 15 is 0 Å². The SMILES string of the molecule is Cc1cccc(N2CCN(C(=O)CCn3nc(C)c(S(=O)(=O)N4CCCCC4)c3C)C[C@@H]2C)c1. The summed E-state index contributed by atoms with van der Waals surface area (Å²) in [5.74, 6) is 0.0868. The van der Waals surface area contributed by atoms with Crippen molar-refractivity contribution in [1.82, 2.24) is 19.0 Å². The van der Waals surface area contributed by atoms with Crippen LogP contribution in [-0.2, 0) is 21.4 Å². The van der Waals surface area contributed by atoms with Crippen LogP contribution in [0.1, 0.15) is 49.6 Å². The Morgan fingerprint density at radius 1 is 1.06 bits per heavy atom. The molecule has 2 saturated heterocycles. The number of rotatable bonds is 6. The molecule has 0 radical (unpaired) electrons. The number of piperidine rings is 1. The lowest BCUT2D eigenvalue weighted by atomic mass is 10.1. The minimum absolute atomic E-state index is 0.0868. The molecule has 2 aliphatic heterocycles. The van der Waals surface area contributed by atoms with Crippen LogP contribution in [0.25, 0.3) is 0 Å². The lowest BCUT2D eigenvalue weighted by Gasteiger charge is -2.41. The van der Waals surface area contributed by atoms with Crippen LogP contribution in [0.4, 0.5) is 5.69 Å². The zero-order valence-electron chi connectivity index (χ0n) is 20.8. The van der Waals surface area contributed by atoms with Gasteiger partial charge in [0.15, 0.2) is 0 Å². The minimum Gasteiger partial charge on any atom is -0.365 e. The molecule has 2 fully saturated rings. The maximum absolute atomic E-state index is 13.2. The first kappa shape index (κ1) is 24.7. The molecule has 1 amide bonds. The molecule has 0 aliphatic carbocycles. The van der Waals surface area contributed by atoms with Gasteiger partial charge in [-0.2, -0.15) is 9.40 Å². The number of hydrogen-bond donors (Lipinski definition) is 0. The molecule has 0 spiro atoms. The molecule has 2 aromatic rings. The highest BCUT2D eigenvalue weighted by Gasteiger charge is 2.32. The van der Waals surface area contributed by atoms with Gasteiger partial charge in [-0.15, -0.1) is 0 Å². The van der Waals surface area contributed by atoms with Crippen LogP contribution >= 0.6 is 0 Å². The van der Waals surface area contributed by atoms with E-state index in [0.717, 1.165) is 25.8 Å². The molecular formula is C25H37N5O3S. The van der Waals surface area contributed by atoms with E-state index in [1.807, 2.05) is 4.90 Å². The number of aryl methyl sites for hydroxylation is 3. The highest BCUT2D eigenvalue weighted by Crippen LogP contribution is 2.26. The average Bonchev–Trinajstić information content (AvgIpc) is 3.11. The predicted molar refractivity (Wildman–Crippen MR) is 133 cm³/mol.